The fraction of sp³-hybridized carbons (Fsp3) is 1.00. The molecule has 0 bridgehead atoms. The summed E-state index contributed by atoms with van der Waals surface area (Å²) in [7, 11) is 5.44. The fourth-order valence-electron chi connectivity index (χ4n) is 1.24. The number of methoxy groups -OCH3 is 2. The molecule has 0 amide bonds. The molecule has 0 fully saturated rings. The van der Waals surface area contributed by atoms with E-state index >= 15 is 0 Å². The van der Waals surface area contributed by atoms with Crippen molar-refractivity contribution in [1.82, 2.24) is 4.90 Å². The van der Waals surface area contributed by atoms with E-state index in [1.165, 1.54) is 6.42 Å². The van der Waals surface area contributed by atoms with Crippen LogP contribution in [0.1, 0.15) is 20.3 Å². The van der Waals surface area contributed by atoms with E-state index in [1.807, 2.05) is 0 Å². The van der Waals surface area contributed by atoms with Crippen molar-refractivity contribution in [3.8, 4) is 0 Å². The number of hydrogen-bond acceptors (Lipinski definition) is 3. The first-order chi connectivity index (χ1) is 6.13. The molecule has 0 radical (unpaired) electrons. The zero-order valence-electron chi connectivity index (χ0n) is 9.54. The molecule has 0 saturated carbocycles. The quantitative estimate of drug-likeness (QED) is 0.568. The van der Waals surface area contributed by atoms with Crippen molar-refractivity contribution in [2.24, 2.45) is 5.92 Å². The maximum absolute atomic E-state index is 5.12. The van der Waals surface area contributed by atoms with Gasteiger partial charge in [0.05, 0.1) is 0 Å². The number of likely N-dealkylation sites (N-methyl/N-ethyl adjacent to an activating group) is 1. The van der Waals surface area contributed by atoms with Crippen LogP contribution in [0.25, 0.3) is 0 Å². The third kappa shape index (κ3) is 6.02. The second-order valence-corrected chi connectivity index (χ2v) is 3.64. The number of hydrogen-bond donors (Lipinski definition) is 0. The Morgan fingerprint density at radius 2 is 1.69 bits per heavy atom. The molecule has 1 unspecified atom stereocenters. The lowest BCUT2D eigenvalue weighted by atomic mass is 10.1. The zero-order chi connectivity index (χ0) is 10.3. The first-order valence-electron chi connectivity index (χ1n) is 4.88. The van der Waals surface area contributed by atoms with Crippen LogP contribution in [-0.4, -0.2) is 45.5 Å². The van der Waals surface area contributed by atoms with Gasteiger partial charge in [-0.2, -0.15) is 0 Å². The van der Waals surface area contributed by atoms with Gasteiger partial charge in [-0.15, -0.1) is 0 Å². The van der Waals surface area contributed by atoms with Gasteiger partial charge in [-0.25, -0.2) is 0 Å². The van der Waals surface area contributed by atoms with Gasteiger partial charge < -0.3 is 14.4 Å². The SMILES string of the molecule is CCC(C)CN(C)CC(OC)OC. The lowest BCUT2D eigenvalue weighted by Gasteiger charge is -2.24. The highest BCUT2D eigenvalue weighted by Gasteiger charge is 2.10. The third-order valence-corrected chi connectivity index (χ3v) is 2.31. The molecule has 0 N–H and O–H groups in total. The highest BCUT2D eigenvalue weighted by molar-refractivity contribution is 4.59. The van der Waals surface area contributed by atoms with Crippen molar-refractivity contribution in [3.63, 3.8) is 0 Å². The van der Waals surface area contributed by atoms with E-state index in [1.54, 1.807) is 14.2 Å². The Bertz CT molecular complexity index is 115. The fourth-order valence-corrected chi connectivity index (χ4v) is 1.24. The summed E-state index contributed by atoms with van der Waals surface area (Å²) >= 11 is 0. The van der Waals surface area contributed by atoms with Crippen LogP contribution in [0.2, 0.25) is 0 Å². The summed E-state index contributed by atoms with van der Waals surface area (Å²) in [4.78, 5) is 2.24. The van der Waals surface area contributed by atoms with E-state index < -0.39 is 0 Å². The van der Waals surface area contributed by atoms with Gasteiger partial charge in [-0.3, -0.25) is 0 Å². The Balaban J connectivity index is 3.65. The lowest BCUT2D eigenvalue weighted by molar-refractivity contribution is -0.114. The van der Waals surface area contributed by atoms with Gasteiger partial charge in [0.15, 0.2) is 6.29 Å². The molecule has 0 aliphatic carbocycles. The molecular weight excluding hydrogens is 166 g/mol. The van der Waals surface area contributed by atoms with Gasteiger partial charge in [-0.1, -0.05) is 20.3 Å². The van der Waals surface area contributed by atoms with Crippen molar-refractivity contribution in [3.05, 3.63) is 0 Å². The maximum atomic E-state index is 5.12. The molecule has 13 heavy (non-hydrogen) atoms. The number of ether oxygens (including phenoxy) is 2. The van der Waals surface area contributed by atoms with Crippen molar-refractivity contribution in [2.45, 2.75) is 26.6 Å². The Kier molecular flexibility index (Phi) is 7.23. The van der Waals surface area contributed by atoms with Crippen LogP contribution in [0.5, 0.6) is 0 Å². The summed E-state index contributed by atoms with van der Waals surface area (Å²) in [5, 5.41) is 0. The van der Waals surface area contributed by atoms with Crippen LogP contribution in [-0.2, 0) is 9.47 Å². The third-order valence-electron chi connectivity index (χ3n) is 2.31. The monoisotopic (exact) mass is 189 g/mol. The van der Waals surface area contributed by atoms with Crippen LogP contribution in [0.4, 0.5) is 0 Å². The van der Waals surface area contributed by atoms with Crippen molar-refractivity contribution in [2.75, 3.05) is 34.4 Å². The maximum Gasteiger partial charge on any atom is 0.169 e. The Hall–Kier alpha value is -0.120. The van der Waals surface area contributed by atoms with E-state index in [2.05, 4.69) is 25.8 Å². The first kappa shape index (κ1) is 12.9. The van der Waals surface area contributed by atoms with E-state index in [0.29, 0.717) is 0 Å². The average Bonchev–Trinajstić information content (AvgIpc) is 2.13. The van der Waals surface area contributed by atoms with Crippen molar-refractivity contribution in [1.29, 1.82) is 0 Å². The molecule has 0 aliphatic heterocycles. The molecule has 80 valence electrons. The highest BCUT2D eigenvalue weighted by Crippen LogP contribution is 2.04. The summed E-state index contributed by atoms with van der Waals surface area (Å²) in [6.07, 6.45) is 1.11. The Morgan fingerprint density at radius 1 is 1.15 bits per heavy atom. The largest absolute Gasteiger partial charge is 0.355 e. The number of nitrogens with zero attached hydrogens (tertiary/aromatic N) is 1. The minimum absolute atomic E-state index is 0.103. The number of rotatable bonds is 7. The predicted octanol–water partition coefficient (Wildman–Crippen LogP) is 1.58. The Labute approximate surface area is 82.0 Å². The van der Waals surface area contributed by atoms with Crippen LogP contribution >= 0.6 is 0 Å². The van der Waals surface area contributed by atoms with Gasteiger partial charge in [0.2, 0.25) is 0 Å². The smallest absolute Gasteiger partial charge is 0.169 e. The van der Waals surface area contributed by atoms with Crippen LogP contribution in [0.3, 0.4) is 0 Å². The first-order valence-corrected chi connectivity index (χ1v) is 4.88. The zero-order valence-corrected chi connectivity index (χ0v) is 9.54. The van der Waals surface area contributed by atoms with E-state index in [9.17, 15) is 0 Å². The summed E-state index contributed by atoms with van der Waals surface area (Å²) < 4.78 is 10.2. The van der Waals surface area contributed by atoms with Gasteiger partial charge >= 0.3 is 0 Å². The molecule has 0 rings (SSSR count). The van der Waals surface area contributed by atoms with E-state index in [-0.39, 0.29) is 6.29 Å². The lowest BCUT2D eigenvalue weighted by Crippen LogP contribution is -2.34. The van der Waals surface area contributed by atoms with Crippen LogP contribution < -0.4 is 0 Å². The minimum atomic E-state index is -0.103. The summed E-state index contributed by atoms with van der Waals surface area (Å²) in [5.41, 5.74) is 0. The average molecular weight is 189 g/mol. The normalized spacial score (nSPS) is 14.1. The molecule has 3 nitrogen and oxygen atoms in total. The van der Waals surface area contributed by atoms with Crippen molar-refractivity contribution < 1.29 is 9.47 Å². The van der Waals surface area contributed by atoms with Crippen molar-refractivity contribution >= 4 is 0 Å². The summed E-state index contributed by atoms with van der Waals surface area (Å²) in [6.45, 7) is 6.39. The van der Waals surface area contributed by atoms with Crippen LogP contribution in [0, 0.1) is 5.92 Å². The molecule has 0 heterocycles. The topological polar surface area (TPSA) is 21.7 Å². The van der Waals surface area contributed by atoms with Gasteiger partial charge in [0.25, 0.3) is 0 Å². The summed E-state index contributed by atoms with van der Waals surface area (Å²) in [5.74, 6) is 0.736. The standard InChI is InChI=1S/C10H23NO2/c1-6-9(2)7-11(3)8-10(12-4)13-5/h9-10H,6-8H2,1-5H3. The predicted molar refractivity (Wildman–Crippen MR) is 54.8 cm³/mol. The second kappa shape index (κ2) is 7.30. The molecule has 0 aromatic carbocycles. The molecule has 1 atom stereocenters. The molecule has 3 heteroatoms. The highest BCUT2D eigenvalue weighted by atomic mass is 16.7. The van der Waals surface area contributed by atoms with E-state index in [0.717, 1.165) is 19.0 Å². The molecule has 0 aliphatic rings. The molecule has 0 spiro atoms. The van der Waals surface area contributed by atoms with E-state index in [4.69, 9.17) is 9.47 Å². The Morgan fingerprint density at radius 3 is 2.08 bits per heavy atom. The molecule has 0 aromatic heterocycles. The van der Waals surface area contributed by atoms with Gasteiger partial charge in [0.1, 0.15) is 0 Å². The second-order valence-electron chi connectivity index (χ2n) is 3.64. The molecule has 0 aromatic rings. The molecular formula is C10H23NO2. The van der Waals surface area contributed by atoms with Crippen LogP contribution in [0.15, 0.2) is 0 Å². The van der Waals surface area contributed by atoms with Gasteiger partial charge in [-0.05, 0) is 13.0 Å². The minimum Gasteiger partial charge on any atom is -0.355 e. The van der Waals surface area contributed by atoms with Gasteiger partial charge in [0, 0.05) is 27.3 Å². The molecule has 0 saturated heterocycles. The summed E-state index contributed by atoms with van der Waals surface area (Å²) in [6, 6.07) is 0.